The molecule has 0 radical (unpaired) electrons. The van der Waals surface area contributed by atoms with Gasteiger partial charge in [0.1, 0.15) is 0 Å². The van der Waals surface area contributed by atoms with Crippen LogP contribution in [0.3, 0.4) is 0 Å². The monoisotopic (exact) mass is 278 g/mol. The molecule has 3 rings (SSSR count). The van der Waals surface area contributed by atoms with Gasteiger partial charge in [0.2, 0.25) is 0 Å². The van der Waals surface area contributed by atoms with E-state index in [9.17, 15) is 4.79 Å². The lowest BCUT2D eigenvalue weighted by molar-refractivity contribution is -0.117. The van der Waals surface area contributed by atoms with Crippen molar-refractivity contribution in [3.8, 4) is 0 Å². The summed E-state index contributed by atoms with van der Waals surface area (Å²) >= 11 is 0. The Labute approximate surface area is 118 Å². The van der Waals surface area contributed by atoms with Crippen molar-refractivity contribution in [3.05, 3.63) is 17.0 Å². The average Bonchev–Trinajstić information content (AvgIpc) is 2.69. The van der Waals surface area contributed by atoms with E-state index in [1.54, 1.807) is 4.68 Å². The fourth-order valence-electron chi connectivity index (χ4n) is 3.45. The Morgan fingerprint density at radius 3 is 2.90 bits per heavy atom. The van der Waals surface area contributed by atoms with Gasteiger partial charge in [-0.3, -0.25) is 9.48 Å². The maximum absolute atomic E-state index is 12.4. The molecule has 0 aromatic carbocycles. The number of aryl methyl sites for hydroxylation is 2. The lowest BCUT2D eigenvalue weighted by atomic mass is 9.68. The molecule has 3 N–H and O–H groups in total. The molecule has 1 aromatic heterocycles. The number of hydrogen-bond acceptors (Lipinski definition) is 4. The minimum absolute atomic E-state index is 0.00142. The molecular weight excluding hydrogens is 256 g/mol. The summed E-state index contributed by atoms with van der Waals surface area (Å²) in [6, 6.07) is -0.0756. The summed E-state index contributed by atoms with van der Waals surface area (Å²) in [5, 5.41) is 7.31. The maximum atomic E-state index is 12.4. The summed E-state index contributed by atoms with van der Waals surface area (Å²) in [7, 11) is 1.84. The van der Waals surface area contributed by atoms with Crippen molar-refractivity contribution >= 4 is 5.91 Å². The van der Waals surface area contributed by atoms with E-state index in [1.807, 2.05) is 20.9 Å². The zero-order valence-corrected chi connectivity index (χ0v) is 12.2. The molecule has 6 nitrogen and oxygen atoms in total. The van der Waals surface area contributed by atoms with Crippen LogP contribution in [0.2, 0.25) is 0 Å². The van der Waals surface area contributed by atoms with E-state index in [0.29, 0.717) is 11.5 Å². The predicted molar refractivity (Wildman–Crippen MR) is 74.4 cm³/mol. The van der Waals surface area contributed by atoms with Gasteiger partial charge in [-0.25, -0.2) is 0 Å². The number of nitrogens with zero attached hydrogens (tertiary/aromatic N) is 2. The Kier molecular flexibility index (Phi) is 3.30. The van der Waals surface area contributed by atoms with Crippen molar-refractivity contribution in [1.29, 1.82) is 0 Å². The molecule has 4 atom stereocenters. The Balaban J connectivity index is 1.73. The van der Waals surface area contributed by atoms with Crippen LogP contribution in [0.25, 0.3) is 0 Å². The van der Waals surface area contributed by atoms with Crippen molar-refractivity contribution in [2.45, 2.75) is 44.9 Å². The fourth-order valence-corrected chi connectivity index (χ4v) is 3.45. The quantitative estimate of drug-likeness (QED) is 0.813. The maximum Gasteiger partial charge on any atom is 0.255 e. The SMILES string of the molecule is Cc1nn(C)c(C)c1C(=O)NC1C(N)C2CCCOC21. The van der Waals surface area contributed by atoms with Gasteiger partial charge in [0.05, 0.1) is 23.4 Å². The minimum Gasteiger partial charge on any atom is -0.376 e. The first-order valence-electron chi connectivity index (χ1n) is 7.19. The largest absolute Gasteiger partial charge is 0.376 e. The lowest BCUT2D eigenvalue weighted by Crippen LogP contribution is -2.72. The molecule has 1 saturated carbocycles. The normalized spacial score (nSPS) is 32.4. The number of carbonyl (C=O) groups is 1. The summed E-state index contributed by atoms with van der Waals surface area (Å²) in [4.78, 5) is 12.4. The average molecular weight is 278 g/mol. The molecule has 1 aliphatic heterocycles. The van der Waals surface area contributed by atoms with Crippen LogP contribution in [0.5, 0.6) is 0 Å². The molecule has 1 aromatic rings. The summed E-state index contributed by atoms with van der Waals surface area (Å²) in [5.41, 5.74) is 8.44. The zero-order valence-electron chi connectivity index (χ0n) is 12.2. The van der Waals surface area contributed by atoms with Crippen LogP contribution in [-0.2, 0) is 11.8 Å². The van der Waals surface area contributed by atoms with Gasteiger partial charge in [0.15, 0.2) is 0 Å². The molecule has 2 aliphatic rings. The number of fused-ring (bicyclic) bond motifs is 1. The number of amides is 1. The van der Waals surface area contributed by atoms with E-state index < -0.39 is 0 Å². The van der Waals surface area contributed by atoms with Gasteiger partial charge in [0.25, 0.3) is 5.91 Å². The summed E-state index contributed by atoms with van der Waals surface area (Å²) in [6.45, 7) is 4.52. The molecule has 0 spiro atoms. The van der Waals surface area contributed by atoms with Gasteiger partial charge in [-0.1, -0.05) is 0 Å². The van der Waals surface area contributed by atoms with Crippen LogP contribution < -0.4 is 11.1 Å². The minimum atomic E-state index is -0.0961. The third kappa shape index (κ3) is 1.94. The van der Waals surface area contributed by atoms with E-state index in [-0.39, 0.29) is 24.1 Å². The van der Waals surface area contributed by atoms with Crippen LogP contribution in [-0.4, -0.2) is 40.5 Å². The highest BCUT2D eigenvalue weighted by Gasteiger charge is 2.51. The number of nitrogens with two attached hydrogens (primary N) is 1. The second-order valence-electron chi connectivity index (χ2n) is 5.89. The third-order valence-electron chi connectivity index (χ3n) is 4.71. The molecule has 20 heavy (non-hydrogen) atoms. The molecule has 1 saturated heterocycles. The van der Waals surface area contributed by atoms with Crippen molar-refractivity contribution in [2.24, 2.45) is 18.7 Å². The number of hydrogen-bond donors (Lipinski definition) is 2. The van der Waals surface area contributed by atoms with Crippen LogP contribution in [0, 0.1) is 19.8 Å². The van der Waals surface area contributed by atoms with E-state index in [0.717, 1.165) is 30.8 Å². The van der Waals surface area contributed by atoms with E-state index in [1.165, 1.54) is 0 Å². The van der Waals surface area contributed by atoms with Crippen molar-refractivity contribution in [2.75, 3.05) is 6.61 Å². The van der Waals surface area contributed by atoms with Gasteiger partial charge in [-0.05, 0) is 26.7 Å². The Morgan fingerprint density at radius 2 is 2.25 bits per heavy atom. The van der Waals surface area contributed by atoms with Crippen molar-refractivity contribution in [3.63, 3.8) is 0 Å². The summed E-state index contributed by atoms with van der Waals surface area (Å²) in [5.74, 6) is 0.298. The molecule has 4 unspecified atom stereocenters. The van der Waals surface area contributed by atoms with Gasteiger partial charge in [-0.15, -0.1) is 0 Å². The lowest BCUT2D eigenvalue weighted by Gasteiger charge is -2.52. The Bertz CT molecular complexity index is 540. The zero-order chi connectivity index (χ0) is 14.4. The van der Waals surface area contributed by atoms with Crippen LogP contribution in [0.15, 0.2) is 0 Å². The highest BCUT2D eigenvalue weighted by atomic mass is 16.5. The smallest absolute Gasteiger partial charge is 0.255 e. The van der Waals surface area contributed by atoms with Crippen LogP contribution >= 0.6 is 0 Å². The number of carbonyl (C=O) groups excluding carboxylic acids is 1. The number of ether oxygens (including phenoxy) is 1. The fraction of sp³-hybridized carbons (Fsp3) is 0.714. The van der Waals surface area contributed by atoms with Crippen LogP contribution in [0.4, 0.5) is 0 Å². The topological polar surface area (TPSA) is 82.2 Å². The number of rotatable bonds is 2. The van der Waals surface area contributed by atoms with E-state index >= 15 is 0 Å². The van der Waals surface area contributed by atoms with Crippen molar-refractivity contribution < 1.29 is 9.53 Å². The number of nitrogens with one attached hydrogen (secondary N) is 1. The molecule has 0 bridgehead atoms. The van der Waals surface area contributed by atoms with E-state index in [2.05, 4.69) is 10.4 Å². The molecule has 1 aliphatic carbocycles. The molecule has 2 fully saturated rings. The summed E-state index contributed by atoms with van der Waals surface area (Å²) in [6.07, 6.45) is 2.25. The first kappa shape index (κ1) is 13.6. The number of aromatic nitrogens is 2. The summed E-state index contributed by atoms with van der Waals surface area (Å²) < 4.78 is 7.47. The standard InChI is InChI=1S/C14H22N4O2/c1-7-10(8(2)18(3)17-7)14(19)16-12-11(15)9-5-4-6-20-13(9)12/h9,11-13H,4-6,15H2,1-3H3,(H,16,19). The second kappa shape index (κ2) is 4.86. The Hall–Kier alpha value is -1.40. The van der Waals surface area contributed by atoms with Gasteiger partial charge in [0, 0.05) is 31.3 Å². The molecule has 110 valence electrons. The molecular formula is C14H22N4O2. The van der Waals surface area contributed by atoms with Gasteiger partial charge < -0.3 is 15.8 Å². The van der Waals surface area contributed by atoms with Gasteiger partial charge in [-0.2, -0.15) is 5.10 Å². The first-order chi connectivity index (χ1) is 9.50. The van der Waals surface area contributed by atoms with Crippen molar-refractivity contribution in [1.82, 2.24) is 15.1 Å². The third-order valence-corrected chi connectivity index (χ3v) is 4.71. The Morgan fingerprint density at radius 1 is 1.50 bits per heavy atom. The molecule has 6 heteroatoms. The van der Waals surface area contributed by atoms with Gasteiger partial charge >= 0.3 is 0 Å². The van der Waals surface area contributed by atoms with E-state index in [4.69, 9.17) is 10.5 Å². The highest BCUT2D eigenvalue weighted by molar-refractivity contribution is 5.96. The first-order valence-corrected chi connectivity index (χ1v) is 7.19. The second-order valence-corrected chi connectivity index (χ2v) is 5.89. The molecule has 1 amide bonds. The highest BCUT2D eigenvalue weighted by Crippen LogP contribution is 2.37. The predicted octanol–water partition coefficient (Wildman–Crippen LogP) is 0.271. The van der Waals surface area contributed by atoms with Crippen LogP contribution in [0.1, 0.15) is 34.6 Å². The molecule has 2 heterocycles.